The van der Waals surface area contributed by atoms with Gasteiger partial charge in [0.05, 0.1) is 19.1 Å². The molecule has 0 atom stereocenters. The number of carboxylic acid groups (broad SMARTS) is 1. The maximum absolute atomic E-state index is 10.7. The van der Waals surface area contributed by atoms with Crippen molar-refractivity contribution in [3.63, 3.8) is 0 Å². The van der Waals surface area contributed by atoms with Crippen molar-refractivity contribution in [2.45, 2.75) is 19.9 Å². The SMILES string of the molecule is CCc1ccc(OC)c(-c2cn(CC(=O)O)cn2)c1. The lowest BCUT2D eigenvalue weighted by molar-refractivity contribution is -0.137. The fourth-order valence-corrected chi connectivity index (χ4v) is 1.92. The lowest BCUT2D eigenvalue weighted by Crippen LogP contribution is -2.06. The summed E-state index contributed by atoms with van der Waals surface area (Å²) in [6, 6.07) is 5.94. The van der Waals surface area contributed by atoms with Gasteiger partial charge in [-0.1, -0.05) is 13.0 Å². The number of benzene rings is 1. The second kappa shape index (κ2) is 5.56. The molecular weight excluding hydrogens is 244 g/mol. The minimum atomic E-state index is -0.891. The Morgan fingerprint density at radius 2 is 2.26 bits per heavy atom. The van der Waals surface area contributed by atoms with E-state index in [0.29, 0.717) is 5.69 Å². The highest BCUT2D eigenvalue weighted by molar-refractivity contribution is 5.69. The average molecular weight is 260 g/mol. The Bertz CT molecular complexity index is 590. The first-order valence-corrected chi connectivity index (χ1v) is 6.05. The lowest BCUT2D eigenvalue weighted by Gasteiger charge is -2.08. The molecule has 0 aliphatic rings. The van der Waals surface area contributed by atoms with Crippen molar-refractivity contribution >= 4 is 5.97 Å². The van der Waals surface area contributed by atoms with Crippen LogP contribution >= 0.6 is 0 Å². The van der Waals surface area contributed by atoms with Crippen LogP contribution < -0.4 is 4.74 Å². The molecule has 0 amide bonds. The molecule has 100 valence electrons. The van der Waals surface area contributed by atoms with Gasteiger partial charge < -0.3 is 14.4 Å². The summed E-state index contributed by atoms with van der Waals surface area (Å²) in [5.41, 5.74) is 2.78. The van der Waals surface area contributed by atoms with Crippen LogP contribution in [0.25, 0.3) is 11.3 Å². The summed E-state index contributed by atoms with van der Waals surface area (Å²) in [6.07, 6.45) is 4.15. The van der Waals surface area contributed by atoms with Crippen LogP contribution in [-0.4, -0.2) is 27.7 Å². The van der Waals surface area contributed by atoms with E-state index in [1.165, 1.54) is 16.5 Å². The predicted molar refractivity (Wildman–Crippen MR) is 71.2 cm³/mol. The normalized spacial score (nSPS) is 10.4. The van der Waals surface area contributed by atoms with Crippen LogP contribution in [0.1, 0.15) is 12.5 Å². The first kappa shape index (κ1) is 13.1. The number of hydrogen-bond donors (Lipinski definition) is 1. The van der Waals surface area contributed by atoms with Gasteiger partial charge in [-0.05, 0) is 24.1 Å². The van der Waals surface area contributed by atoms with Gasteiger partial charge in [0.15, 0.2) is 0 Å². The van der Waals surface area contributed by atoms with Crippen molar-refractivity contribution in [1.29, 1.82) is 0 Å². The van der Waals surface area contributed by atoms with Crippen LogP contribution in [0.5, 0.6) is 5.75 Å². The number of ether oxygens (including phenoxy) is 1. The average Bonchev–Trinajstić information content (AvgIpc) is 2.85. The highest BCUT2D eigenvalue weighted by atomic mass is 16.5. The lowest BCUT2D eigenvalue weighted by atomic mass is 10.1. The Kier molecular flexibility index (Phi) is 3.85. The molecule has 1 aromatic carbocycles. The molecule has 0 saturated carbocycles. The molecule has 1 heterocycles. The summed E-state index contributed by atoms with van der Waals surface area (Å²) in [5, 5.41) is 8.76. The van der Waals surface area contributed by atoms with Crippen LogP contribution in [-0.2, 0) is 17.8 Å². The third-order valence-electron chi connectivity index (χ3n) is 2.90. The third-order valence-corrected chi connectivity index (χ3v) is 2.90. The van der Waals surface area contributed by atoms with E-state index >= 15 is 0 Å². The summed E-state index contributed by atoms with van der Waals surface area (Å²) >= 11 is 0. The fourth-order valence-electron chi connectivity index (χ4n) is 1.92. The van der Waals surface area contributed by atoms with Gasteiger partial charge in [0.25, 0.3) is 0 Å². The Labute approximate surface area is 111 Å². The Hall–Kier alpha value is -2.30. The van der Waals surface area contributed by atoms with Crippen molar-refractivity contribution in [3.8, 4) is 17.0 Å². The number of aryl methyl sites for hydroxylation is 1. The third kappa shape index (κ3) is 2.93. The molecule has 5 nitrogen and oxygen atoms in total. The quantitative estimate of drug-likeness (QED) is 0.895. The van der Waals surface area contributed by atoms with Gasteiger partial charge in [-0.25, -0.2) is 4.98 Å². The van der Waals surface area contributed by atoms with Crippen LogP contribution in [0.4, 0.5) is 0 Å². The maximum Gasteiger partial charge on any atom is 0.323 e. The largest absolute Gasteiger partial charge is 0.496 e. The minimum Gasteiger partial charge on any atom is -0.496 e. The van der Waals surface area contributed by atoms with Crippen LogP contribution in [0, 0.1) is 0 Å². The molecule has 0 aliphatic carbocycles. The Morgan fingerprint density at radius 3 is 2.89 bits per heavy atom. The molecule has 0 unspecified atom stereocenters. The Morgan fingerprint density at radius 1 is 1.47 bits per heavy atom. The van der Waals surface area contributed by atoms with Gasteiger partial charge in [0.1, 0.15) is 12.3 Å². The minimum absolute atomic E-state index is 0.0945. The number of nitrogens with zero attached hydrogens (tertiary/aromatic N) is 2. The molecule has 5 heteroatoms. The Balaban J connectivity index is 2.39. The summed E-state index contributed by atoms with van der Waals surface area (Å²) in [6.45, 7) is 1.98. The zero-order valence-electron chi connectivity index (χ0n) is 11.0. The second-order valence-electron chi connectivity index (χ2n) is 4.21. The monoisotopic (exact) mass is 260 g/mol. The van der Waals surface area contributed by atoms with E-state index in [9.17, 15) is 4.79 Å². The number of methoxy groups -OCH3 is 1. The summed E-state index contributed by atoms with van der Waals surface area (Å²) in [4.78, 5) is 14.9. The molecule has 1 N–H and O–H groups in total. The molecule has 0 bridgehead atoms. The molecule has 19 heavy (non-hydrogen) atoms. The van der Waals surface area contributed by atoms with Crippen molar-refractivity contribution in [2.24, 2.45) is 0 Å². The van der Waals surface area contributed by atoms with Crippen LogP contribution in [0.15, 0.2) is 30.7 Å². The number of aromatic nitrogens is 2. The van der Waals surface area contributed by atoms with Crippen molar-refractivity contribution in [2.75, 3.05) is 7.11 Å². The number of imidazole rings is 1. The smallest absolute Gasteiger partial charge is 0.323 e. The number of hydrogen-bond acceptors (Lipinski definition) is 3. The van der Waals surface area contributed by atoms with Gasteiger partial charge in [-0.3, -0.25) is 4.79 Å². The molecule has 0 spiro atoms. The van der Waals surface area contributed by atoms with Crippen molar-refractivity contribution in [3.05, 3.63) is 36.3 Å². The zero-order chi connectivity index (χ0) is 13.8. The van der Waals surface area contributed by atoms with E-state index in [1.54, 1.807) is 13.3 Å². The summed E-state index contributed by atoms with van der Waals surface area (Å²) in [7, 11) is 1.61. The van der Waals surface area contributed by atoms with E-state index in [1.807, 2.05) is 18.2 Å². The molecule has 0 aliphatic heterocycles. The highest BCUT2D eigenvalue weighted by Crippen LogP contribution is 2.29. The second-order valence-corrected chi connectivity index (χ2v) is 4.21. The van der Waals surface area contributed by atoms with E-state index in [-0.39, 0.29) is 6.54 Å². The predicted octanol–water partition coefficient (Wildman–Crippen LogP) is 2.21. The molecule has 0 saturated heterocycles. The number of carboxylic acids is 1. The van der Waals surface area contributed by atoms with Gasteiger partial charge in [0.2, 0.25) is 0 Å². The van der Waals surface area contributed by atoms with Gasteiger partial charge >= 0.3 is 5.97 Å². The van der Waals surface area contributed by atoms with E-state index in [0.717, 1.165) is 17.7 Å². The van der Waals surface area contributed by atoms with Gasteiger partial charge in [-0.2, -0.15) is 0 Å². The van der Waals surface area contributed by atoms with E-state index in [4.69, 9.17) is 9.84 Å². The highest BCUT2D eigenvalue weighted by Gasteiger charge is 2.10. The molecule has 2 rings (SSSR count). The van der Waals surface area contributed by atoms with Gasteiger partial charge in [0, 0.05) is 11.8 Å². The van der Waals surface area contributed by atoms with E-state index < -0.39 is 5.97 Å². The van der Waals surface area contributed by atoms with Gasteiger partial charge in [-0.15, -0.1) is 0 Å². The molecule has 0 radical (unpaired) electrons. The first-order chi connectivity index (χ1) is 9.13. The standard InChI is InChI=1S/C14H16N2O3/c1-3-10-4-5-13(19-2)11(6-10)12-7-16(9-15-12)8-14(17)18/h4-7,9H,3,8H2,1-2H3,(H,17,18). The van der Waals surface area contributed by atoms with Crippen LogP contribution in [0.3, 0.4) is 0 Å². The summed E-state index contributed by atoms with van der Waals surface area (Å²) in [5.74, 6) is -0.156. The fraction of sp³-hybridized carbons (Fsp3) is 0.286. The first-order valence-electron chi connectivity index (χ1n) is 6.05. The van der Waals surface area contributed by atoms with Crippen molar-refractivity contribution < 1.29 is 14.6 Å². The number of aliphatic carboxylic acids is 1. The number of rotatable bonds is 5. The molecular formula is C14H16N2O3. The molecule has 0 fully saturated rings. The number of carbonyl (C=O) groups is 1. The molecule has 2 aromatic rings. The topological polar surface area (TPSA) is 64.3 Å². The summed E-state index contributed by atoms with van der Waals surface area (Å²) < 4.78 is 6.86. The van der Waals surface area contributed by atoms with E-state index in [2.05, 4.69) is 11.9 Å². The zero-order valence-corrected chi connectivity index (χ0v) is 11.0. The molecule has 1 aromatic heterocycles. The maximum atomic E-state index is 10.7. The van der Waals surface area contributed by atoms with Crippen LogP contribution in [0.2, 0.25) is 0 Å². The van der Waals surface area contributed by atoms with Crippen molar-refractivity contribution in [1.82, 2.24) is 9.55 Å².